The molecule has 1 aromatic carbocycles. The smallest absolute Gasteiger partial charge is 0.0443 e. The fraction of sp³-hybridized carbons (Fsp3) is 0.500. The van der Waals surface area contributed by atoms with Crippen molar-refractivity contribution in [3.63, 3.8) is 0 Å². The number of nitrogens with two attached hydrogens (primary N) is 1. The molecule has 1 aliphatic heterocycles. The number of benzene rings is 1. The molecule has 1 aliphatic rings. The molecular formula is C18H27N3. The summed E-state index contributed by atoms with van der Waals surface area (Å²) in [6.45, 7) is 6.44. The Morgan fingerprint density at radius 3 is 2.81 bits per heavy atom. The summed E-state index contributed by atoms with van der Waals surface area (Å²) in [7, 11) is 0. The highest BCUT2D eigenvalue weighted by atomic mass is 14.9. The van der Waals surface area contributed by atoms with E-state index in [2.05, 4.69) is 48.4 Å². The number of hydrogen-bond acceptors (Lipinski definition) is 3. The Balaban J connectivity index is 2.08. The van der Waals surface area contributed by atoms with Gasteiger partial charge in [0, 0.05) is 24.0 Å². The SMILES string of the molecule is CC(C)N=C/C(=C\N)c1cccc(CC2CCNCC2)c1. The Bertz CT molecular complexity index is 497. The van der Waals surface area contributed by atoms with Crippen LogP contribution in [0.2, 0.25) is 0 Å². The summed E-state index contributed by atoms with van der Waals surface area (Å²) in [5.41, 5.74) is 9.32. The van der Waals surface area contributed by atoms with Gasteiger partial charge in [-0.15, -0.1) is 0 Å². The molecule has 21 heavy (non-hydrogen) atoms. The average molecular weight is 285 g/mol. The van der Waals surface area contributed by atoms with Gasteiger partial charge in [0.05, 0.1) is 0 Å². The number of nitrogens with zero attached hydrogens (tertiary/aromatic N) is 1. The molecule has 0 atom stereocenters. The maximum atomic E-state index is 5.76. The van der Waals surface area contributed by atoms with Crippen LogP contribution in [0, 0.1) is 5.92 Å². The number of allylic oxidation sites excluding steroid dienone is 1. The maximum Gasteiger partial charge on any atom is 0.0443 e. The van der Waals surface area contributed by atoms with Gasteiger partial charge in [0.15, 0.2) is 0 Å². The number of rotatable bonds is 5. The van der Waals surface area contributed by atoms with E-state index < -0.39 is 0 Å². The van der Waals surface area contributed by atoms with Crippen molar-refractivity contribution in [1.29, 1.82) is 0 Å². The van der Waals surface area contributed by atoms with Crippen LogP contribution in [0.15, 0.2) is 35.5 Å². The van der Waals surface area contributed by atoms with Crippen molar-refractivity contribution in [3.05, 3.63) is 41.6 Å². The highest BCUT2D eigenvalue weighted by Gasteiger charge is 2.13. The van der Waals surface area contributed by atoms with Gasteiger partial charge in [-0.3, -0.25) is 4.99 Å². The van der Waals surface area contributed by atoms with E-state index >= 15 is 0 Å². The van der Waals surface area contributed by atoms with Crippen LogP contribution in [-0.2, 0) is 6.42 Å². The topological polar surface area (TPSA) is 50.4 Å². The Labute approximate surface area is 128 Å². The Kier molecular flexibility index (Phi) is 6.00. The van der Waals surface area contributed by atoms with Gasteiger partial charge in [-0.2, -0.15) is 0 Å². The molecule has 3 nitrogen and oxygen atoms in total. The predicted octanol–water partition coefficient (Wildman–Crippen LogP) is 3.01. The minimum atomic E-state index is 0.290. The normalized spacial score (nSPS) is 17.8. The predicted molar refractivity (Wildman–Crippen MR) is 91.5 cm³/mol. The molecule has 3 heteroatoms. The molecule has 1 heterocycles. The lowest BCUT2D eigenvalue weighted by Gasteiger charge is -2.22. The van der Waals surface area contributed by atoms with E-state index in [1.807, 2.05) is 6.21 Å². The van der Waals surface area contributed by atoms with E-state index in [-0.39, 0.29) is 6.04 Å². The van der Waals surface area contributed by atoms with Crippen LogP contribution in [-0.4, -0.2) is 25.3 Å². The zero-order valence-corrected chi connectivity index (χ0v) is 13.2. The molecule has 0 aromatic heterocycles. The summed E-state index contributed by atoms with van der Waals surface area (Å²) in [5, 5.41) is 3.42. The monoisotopic (exact) mass is 285 g/mol. The lowest BCUT2D eigenvalue weighted by molar-refractivity contribution is 0.372. The molecule has 114 valence electrons. The number of piperidine rings is 1. The van der Waals surface area contributed by atoms with Crippen molar-refractivity contribution in [1.82, 2.24) is 5.32 Å². The minimum Gasteiger partial charge on any atom is -0.404 e. The van der Waals surface area contributed by atoms with Crippen LogP contribution in [0.1, 0.15) is 37.8 Å². The van der Waals surface area contributed by atoms with Gasteiger partial charge in [0.25, 0.3) is 0 Å². The third kappa shape index (κ3) is 5.01. The molecule has 1 fully saturated rings. The third-order valence-corrected chi connectivity index (χ3v) is 3.93. The molecule has 1 saturated heterocycles. The van der Waals surface area contributed by atoms with Crippen LogP contribution in [0.25, 0.3) is 5.57 Å². The second-order valence-corrected chi connectivity index (χ2v) is 6.09. The fourth-order valence-electron chi connectivity index (χ4n) is 2.74. The lowest BCUT2D eigenvalue weighted by Crippen LogP contribution is -2.28. The first-order valence-corrected chi connectivity index (χ1v) is 7.94. The van der Waals surface area contributed by atoms with E-state index in [1.54, 1.807) is 6.20 Å². The van der Waals surface area contributed by atoms with Crippen LogP contribution in [0.3, 0.4) is 0 Å². The van der Waals surface area contributed by atoms with Gasteiger partial charge in [0.1, 0.15) is 0 Å². The summed E-state index contributed by atoms with van der Waals surface area (Å²) >= 11 is 0. The lowest BCUT2D eigenvalue weighted by atomic mass is 9.90. The van der Waals surface area contributed by atoms with Crippen LogP contribution < -0.4 is 11.1 Å². The number of aliphatic imine (C=N–C) groups is 1. The first kappa shape index (κ1) is 15.8. The Morgan fingerprint density at radius 2 is 2.14 bits per heavy atom. The molecule has 0 bridgehead atoms. The largest absolute Gasteiger partial charge is 0.404 e. The van der Waals surface area contributed by atoms with E-state index in [1.165, 1.54) is 18.4 Å². The third-order valence-electron chi connectivity index (χ3n) is 3.93. The quantitative estimate of drug-likeness (QED) is 0.817. The molecule has 0 spiro atoms. The van der Waals surface area contributed by atoms with Crippen LogP contribution in [0.5, 0.6) is 0 Å². The zero-order valence-electron chi connectivity index (χ0n) is 13.2. The van der Waals surface area contributed by atoms with Gasteiger partial charge < -0.3 is 11.1 Å². The molecular weight excluding hydrogens is 258 g/mol. The molecule has 0 amide bonds. The first-order chi connectivity index (χ1) is 10.2. The fourth-order valence-corrected chi connectivity index (χ4v) is 2.74. The molecule has 1 aromatic rings. The van der Waals surface area contributed by atoms with Crippen molar-refractivity contribution < 1.29 is 0 Å². The van der Waals surface area contributed by atoms with Gasteiger partial charge in [-0.1, -0.05) is 24.3 Å². The maximum absolute atomic E-state index is 5.76. The van der Waals surface area contributed by atoms with Crippen molar-refractivity contribution in [2.24, 2.45) is 16.6 Å². The average Bonchev–Trinajstić information content (AvgIpc) is 2.49. The van der Waals surface area contributed by atoms with E-state index in [4.69, 9.17) is 5.73 Å². The highest BCUT2D eigenvalue weighted by molar-refractivity contribution is 6.09. The van der Waals surface area contributed by atoms with Crippen molar-refractivity contribution in [2.75, 3.05) is 13.1 Å². The molecule has 2 rings (SSSR count). The molecule has 3 N–H and O–H groups in total. The number of hydrogen-bond donors (Lipinski definition) is 2. The number of nitrogens with one attached hydrogen (secondary N) is 1. The highest BCUT2D eigenvalue weighted by Crippen LogP contribution is 2.21. The van der Waals surface area contributed by atoms with Gasteiger partial charge in [-0.25, -0.2) is 0 Å². The van der Waals surface area contributed by atoms with E-state index in [9.17, 15) is 0 Å². The van der Waals surface area contributed by atoms with Crippen LogP contribution in [0.4, 0.5) is 0 Å². The minimum absolute atomic E-state index is 0.290. The summed E-state index contributed by atoms with van der Waals surface area (Å²) in [4.78, 5) is 4.44. The summed E-state index contributed by atoms with van der Waals surface area (Å²) in [6, 6.07) is 9.00. The molecule has 0 aliphatic carbocycles. The van der Waals surface area contributed by atoms with Crippen LogP contribution >= 0.6 is 0 Å². The van der Waals surface area contributed by atoms with Gasteiger partial charge in [-0.05, 0) is 63.2 Å². The van der Waals surface area contributed by atoms with Crippen molar-refractivity contribution >= 4 is 11.8 Å². The molecule has 0 saturated carbocycles. The molecule has 0 radical (unpaired) electrons. The summed E-state index contributed by atoms with van der Waals surface area (Å²) in [6.07, 6.45) is 7.25. The second kappa shape index (κ2) is 7.99. The summed E-state index contributed by atoms with van der Waals surface area (Å²) in [5.74, 6) is 0.802. The Morgan fingerprint density at radius 1 is 1.38 bits per heavy atom. The Hall–Kier alpha value is -1.61. The zero-order chi connectivity index (χ0) is 15.1. The van der Waals surface area contributed by atoms with Gasteiger partial charge in [0.2, 0.25) is 0 Å². The van der Waals surface area contributed by atoms with E-state index in [0.717, 1.165) is 36.6 Å². The molecule has 0 unspecified atom stereocenters. The first-order valence-electron chi connectivity index (χ1n) is 7.94. The summed E-state index contributed by atoms with van der Waals surface area (Å²) < 4.78 is 0. The van der Waals surface area contributed by atoms with Crippen molar-refractivity contribution in [3.8, 4) is 0 Å². The standard InChI is InChI=1S/C18H27N3/c1-14(2)21-13-18(12-19)17-5-3-4-16(11-17)10-15-6-8-20-9-7-15/h3-5,11-15,20H,6-10,19H2,1-2H3/b18-12+,21-13?. The van der Waals surface area contributed by atoms with Crippen molar-refractivity contribution in [2.45, 2.75) is 39.2 Å². The van der Waals surface area contributed by atoms with Gasteiger partial charge >= 0.3 is 0 Å². The second-order valence-electron chi connectivity index (χ2n) is 6.09. The van der Waals surface area contributed by atoms with E-state index in [0.29, 0.717) is 0 Å².